The maximum Gasteiger partial charge on any atom is 0.238 e. The highest BCUT2D eigenvalue weighted by Gasteiger charge is 2.12. The van der Waals surface area contributed by atoms with Gasteiger partial charge < -0.3 is 14.3 Å². The number of carbonyl (C=O) groups is 1. The number of hydrogen-bond donors (Lipinski definition) is 1. The van der Waals surface area contributed by atoms with E-state index in [1.54, 1.807) is 35.9 Å². The summed E-state index contributed by atoms with van der Waals surface area (Å²) >= 11 is 1.57. The van der Waals surface area contributed by atoms with Crippen LogP contribution in [0.15, 0.2) is 63.2 Å². The van der Waals surface area contributed by atoms with E-state index >= 15 is 0 Å². The topological polar surface area (TPSA) is 94.0 Å². The number of nitrogens with zero attached hydrogens (tertiary/aromatic N) is 3. The smallest absolute Gasteiger partial charge is 0.238 e. The van der Waals surface area contributed by atoms with E-state index in [-0.39, 0.29) is 12.3 Å². The number of aromatic nitrogens is 3. The normalized spacial score (nSPS) is 10.8. The lowest BCUT2D eigenvalue weighted by Gasteiger charge is -2.05. The van der Waals surface area contributed by atoms with Crippen molar-refractivity contribution in [3.8, 4) is 22.2 Å². The van der Waals surface area contributed by atoms with Gasteiger partial charge in [-0.3, -0.25) is 4.79 Å². The van der Waals surface area contributed by atoms with Gasteiger partial charge in [0.15, 0.2) is 5.76 Å². The maximum absolute atomic E-state index is 12.1. The van der Waals surface area contributed by atoms with Gasteiger partial charge in [0.1, 0.15) is 5.01 Å². The molecule has 0 spiro atoms. The second-order valence-corrected chi connectivity index (χ2v) is 6.35. The molecular formula is C18H14N4O3S. The Labute approximate surface area is 152 Å². The van der Waals surface area contributed by atoms with E-state index in [1.807, 2.05) is 29.6 Å². The number of furan rings is 1. The van der Waals surface area contributed by atoms with Crippen LogP contribution in [0.25, 0.3) is 22.2 Å². The third-order valence-corrected chi connectivity index (χ3v) is 4.45. The lowest BCUT2D eigenvalue weighted by molar-refractivity contribution is -0.116. The summed E-state index contributed by atoms with van der Waals surface area (Å²) in [6.45, 7) is 0. The molecule has 0 fully saturated rings. The first-order chi connectivity index (χ1) is 12.8. The first kappa shape index (κ1) is 16.2. The van der Waals surface area contributed by atoms with Crippen LogP contribution in [0, 0.1) is 0 Å². The second kappa shape index (κ2) is 7.32. The molecule has 0 aliphatic carbocycles. The molecule has 4 aromatic rings. The van der Waals surface area contributed by atoms with Crippen molar-refractivity contribution in [2.75, 3.05) is 5.32 Å². The van der Waals surface area contributed by atoms with Crippen molar-refractivity contribution in [1.29, 1.82) is 0 Å². The van der Waals surface area contributed by atoms with Crippen LogP contribution in [-0.2, 0) is 11.2 Å². The fourth-order valence-electron chi connectivity index (χ4n) is 2.37. The van der Waals surface area contributed by atoms with Gasteiger partial charge in [-0.25, -0.2) is 4.98 Å². The summed E-state index contributed by atoms with van der Waals surface area (Å²) < 4.78 is 10.3. The number of carbonyl (C=O) groups excluding carboxylic acids is 1. The number of benzene rings is 1. The Balaban J connectivity index is 1.31. The van der Waals surface area contributed by atoms with Gasteiger partial charge in [-0.2, -0.15) is 4.98 Å². The molecule has 8 heteroatoms. The minimum Gasteiger partial charge on any atom is -0.461 e. The molecule has 0 saturated heterocycles. The molecule has 4 rings (SSSR count). The zero-order chi connectivity index (χ0) is 17.8. The molecule has 0 radical (unpaired) electrons. The second-order valence-electron chi connectivity index (χ2n) is 5.45. The molecule has 26 heavy (non-hydrogen) atoms. The van der Waals surface area contributed by atoms with E-state index in [2.05, 4.69) is 20.4 Å². The quantitative estimate of drug-likeness (QED) is 0.554. The Morgan fingerprint density at radius 3 is 2.81 bits per heavy atom. The molecule has 0 unspecified atom stereocenters. The molecule has 0 atom stereocenters. The summed E-state index contributed by atoms with van der Waals surface area (Å²) in [5, 5.41) is 9.57. The van der Waals surface area contributed by atoms with Crippen LogP contribution < -0.4 is 5.32 Å². The van der Waals surface area contributed by atoms with Crippen LogP contribution in [0.5, 0.6) is 0 Å². The number of amides is 1. The standard InChI is InChI=1S/C18H14N4O3S/c23-15(7-8-16-21-17(22-25-16)14-2-1-10-24-14)20-13-5-3-12(4-6-13)18-19-9-11-26-18/h1-6,9-11H,7-8H2,(H,20,23). The Morgan fingerprint density at radius 1 is 1.19 bits per heavy atom. The molecule has 7 nitrogen and oxygen atoms in total. The van der Waals surface area contributed by atoms with Crippen LogP contribution in [-0.4, -0.2) is 21.0 Å². The molecule has 1 N–H and O–H groups in total. The monoisotopic (exact) mass is 366 g/mol. The predicted octanol–water partition coefficient (Wildman–Crippen LogP) is 4.02. The van der Waals surface area contributed by atoms with Crippen molar-refractivity contribution in [3.05, 3.63) is 60.1 Å². The van der Waals surface area contributed by atoms with Gasteiger partial charge in [-0.15, -0.1) is 11.3 Å². The van der Waals surface area contributed by atoms with Gasteiger partial charge >= 0.3 is 0 Å². The van der Waals surface area contributed by atoms with Crippen molar-refractivity contribution in [3.63, 3.8) is 0 Å². The highest BCUT2D eigenvalue weighted by molar-refractivity contribution is 7.13. The van der Waals surface area contributed by atoms with Crippen LogP contribution in [0.4, 0.5) is 5.69 Å². The molecule has 0 bridgehead atoms. The molecule has 0 aliphatic heterocycles. The van der Waals surface area contributed by atoms with Crippen LogP contribution in [0.2, 0.25) is 0 Å². The number of hydrogen-bond acceptors (Lipinski definition) is 7. The number of nitrogens with one attached hydrogen (secondary N) is 1. The highest BCUT2D eigenvalue weighted by Crippen LogP contribution is 2.23. The molecule has 1 amide bonds. The average molecular weight is 366 g/mol. The minimum absolute atomic E-state index is 0.121. The summed E-state index contributed by atoms with van der Waals surface area (Å²) in [6.07, 6.45) is 3.91. The summed E-state index contributed by atoms with van der Waals surface area (Å²) in [7, 11) is 0. The van der Waals surface area contributed by atoms with Gasteiger partial charge in [-0.1, -0.05) is 5.16 Å². The van der Waals surface area contributed by atoms with Crippen molar-refractivity contribution in [2.24, 2.45) is 0 Å². The zero-order valence-electron chi connectivity index (χ0n) is 13.6. The number of thiazole rings is 1. The summed E-state index contributed by atoms with van der Waals surface area (Å²) in [5.41, 5.74) is 1.76. The van der Waals surface area contributed by atoms with Gasteiger partial charge in [-0.05, 0) is 36.4 Å². The summed E-state index contributed by atoms with van der Waals surface area (Å²) in [4.78, 5) is 20.6. The van der Waals surface area contributed by atoms with Gasteiger partial charge in [0.25, 0.3) is 0 Å². The molecule has 3 aromatic heterocycles. The molecule has 3 heterocycles. The van der Waals surface area contributed by atoms with E-state index in [1.165, 1.54) is 0 Å². The van der Waals surface area contributed by atoms with Crippen LogP contribution in [0.3, 0.4) is 0 Å². The van der Waals surface area contributed by atoms with Gasteiger partial charge in [0.05, 0.1) is 6.26 Å². The molecule has 130 valence electrons. The minimum atomic E-state index is -0.121. The summed E-state index contributed by atoms with van der Waals surface area (Å²) in [6, 6.07) is 11.1. The average Bonchev–Trinajstić information content (AvgIpc) is 3.42. The van der Waals surface area contributed by atoms with E-state index in [0.29, 0.717) is 23.9 Å². The highest BCUT2D eigenvalue weighted by atomic mass is 32.1. The Morgan fingerprint density at radius 2 is 2.08 bits per heavy atom. The third-order valence-electron chi connectivity index (χ3n) is 3.62. The van der Waals surface area contributed by atoms with Gasteiger partial charge in [0.2, 0.25) is 17.6 Å². The first-order valence-corrected chi connectivity index (χ1v) is 8.82. The van der Waals surface area contributed by atoms with Crippen LogP contribution in [0.1, 0.15) is 12.3 Å². The third kappa shape index (κ3) is 3.70. The lowest BCUT2D eigenvalue weighted by atomic mass is 10.2. The Kier molecular flexibility index (Phi) is 4.57. The van der Waals surface area contributed by atoms with E-state index < -0.39 is 0 Å². The lowest BCUT2D eigenvalue weighted by Crippen LogP contribution is -2.12. The zero-order valence-corrected chi connectivity index (χ0v) is 14.4. The molecule has 0 aliphatic rings. The predicted molar refractivity (Wildman–Crippen MR) is 96.5 cm³/mol. The van der Waals surface area contributed by atoms with E-state index in [0.717, 1.165) is 16.3 Å². The summed E-state index contributed by atoms with van der Waals surface area (Å²) in [5.74, 6) is 1.18. The van der Waals surface area contributed by atoms with E-state index in [9.17, 15) is 4.79 Å². The van der Waals surface area contributed by atoms with Crippen molar-refractivity contribution < 1.29 is 13.7 Å². The Hall–Kier alpha value is -3.26. The maximum atomic E-state index is 12.1. The number of aryl methyl sites for hydroxylation is 1. The molecular weight excluding hydrogens is 352 g/mol. The fourth-order valence-corrected chi connectivity index (χ4v) is 3.01. The SMILES string of the molecule is O=C(CCc1nc(-c2ccco2)no1)Nc1ccc(-c2nccs2)cc1. The van der Waals surface area contributed by atoms with Gasteiger partial charge in [0, 0.05) is 35.7 Å². The van der Waals surface area contributed by atoms with Crippen LogP contribution >= 0.6 is 11.3 Å². The largest absolute Gasteiger partial charge is 0.461 e. The van der Waals surface area contributed by atoms with Crippen molar-refractivity contribution in [2.45, 2.75) is 12.8 Å². The molecule has 0 saturated carbocycles. The molecule has 1 aromatic carbocycles. The van der Waals surface area contributed by atoms with Crippen molar-refractivity contribution >= 4 is 22.9 Å². The number of anilines is 1. The van der Waals surface area contributed by atoms with E-state index in [4.69, 9.17) is 8.94 Å². The first-order valence-electron chi connectivity index (χ1n) is 7.94. The van der Waals surface area contributed by atoms with Crippen molar-refractivity contribution in [1.82, 2.24) is 15.1 Å². The Bertz CT molecular complexity index is 976. The number of rotatable bonds is 6. The fraction of sp³-hybridized carbons (Fsp3) is 0.111.